The predicted molar refractivity (Wildman–Crippen MR) is 118 cm³/mol. The molecule has 0 radical (unpaired) electrons. The van der Waals surface area contributed by atoms with Gasteiger partial charge in [-0.2, -0.15) is 0 Å². The van der Waals surface area contributed by atoms with Crippen molar-refractivity contribution in [3.63, 3.8) is 0 Å². The van der Waals surface area contributed by atoms with E-state index in [0.29, 0.717) is 5.82 Å². The number of rotatable bonds is 11. The van der Waals surface area contributed by atoms with Gasteiger partial charge in [0.1, 0.15) is 29.2 Å². The molecular weight excluding hydrogens is 601 g/mol. The summed E-state index contributed by atoms with van der Waals surface area (Å²) in [4.78, 5) is 65.5. The number of carbonyl (C=O) groups is 1. The van der Waals surface area contributed by atoms with Gasteiger partial charge in [-0.15, -0.1) is 0 Å². The largest absolute Gasteiger partial charge is 0.756 e. The average molecular weight is 621 g/mol. The van der Waals surface area contributed by atoms with Crippen LogP contribution in [0.1, 0.15) is 12.1 Å². The number of fused-ring (bicyclic) bond motifs is 1. The summed E-state index contributed by atoms with van der Waals surface area (Å²) in [7, 11) is -17.9. The van der Waals surface area contributed by atoms with E-state index in [1.54, 1.807) is 6.92 Å². The van der Waals surface area contributed by atoms with Crippen LogP contribution in [0.2, 0.25) is 0 Å². The highest BCUT2D eigenvalue weighted by Crippen LogP contribution is 2.61. The summed E-state index contributed by atoms with van der Waals surface area (Å²) in [5.74, 6) is 0.375. The number of H-pyrrole nitrogens is 1. The highest BCUT2D eigenvalue weighted by atomic mass is 32.1. The number of aryl methyl sites for hydroxylation is 1. The van der Waals surface area contributed by atoms with Gasteiger partial charge in [0.25, 0.3) is 23.5 Å². The second-order valence-corrected chi connectivity index (χ2v) is 12.1. The lowest BCUT2D eigenvalue weighted by Gasteiger charge is -2.33. The molecule has 2 aromatic heterocycles. The topological polar surface area (TPSA) is 309 Å². The van der Waals surface area contributed by atoms with Gasteiger partial charge in [-0.05, 0) is 6.92 Å². The van der Waals surface area contributed by atoms with Crippen LogP contribution in [-0.2, 0) is 36.3 Å². The standard InChI is InChI=1S/C14H23N6O14P3S/c1-6-18-11-8(12(38)19-6)17-5-20(11)13-10(32-14(22)16-3-2-15)9(21)7(31-13)4-30-36(26,27)34-37(28,29)33-35(23,24)25/h5,7,9-10,13,21H,2-4,15H2,1H3,(H,16,22)(H,26,27)(H,28,29)(H,18,19,38)(H2,23,24,25)/p-3. The Balaban J connectivity index is 1.84. The van der Waals surface area contributed by atoms with Gasteiger partial charge in [0, 0.05) is 13.1 Å². The SMILES string of the molecule is Cc1nc(=S)c2ncn(C3OC(COP(=O)([O-])OP(=O)([O-])OP(=O)([O-])O)C(O)C3OC(=O)NCCN)c2[nH]1. The van der Waals surface area contributed by atoms with E-state index < -0.39 is 60.7 Å². The van der Waals surface area contributed by atoms with E-state index >= 15 is 0 Å². The molecule has 7 unspecified atom stereocenters. The van der Waals surface area contributed by atoms with Crippen molar-refractivity contribution in [3.8, 4) is 0 Å². The van der Waals surface area contributed by atoms with Gasteiger partial charge in [0.2, 0.25) is 0 Å². The molecular formula is C14H20N6O14P3S-3. The Bertz CT molecular complexity index is 1380. The normalized spacial score (nSPS) is 26.4. The second kappa shape index (κ2) is 11.8. The third-order valence-corrected chi connectivity index (χ3v) is 8.58. The molecule has 1 fully saturated rings. The highest BCUT2D eigenvalue weighted by molar-refractivity contribution is 7.71. The van der Waals surface area contributed by atoms with Crippen LogP contribution in [0.3, 0.4) is 0 Å². The first-order valence-corrected chi connectivity index (χ1v) is 15.0. The van der Waals surface area contributed by atoms with Crippen molar-refractivity contribution in [2.24, 2.45) is 5.73 Å². The smallest absolute Gasteiger partial charge is 0.407 e. The molecule has 214 valence electrons. The molecule has 24 heteroatoms. The number of phosphoric ester groups is 1. The number of ether oxygens (including phenoxy) is 2. The fourth-order valence-corrected chi connectivity index (χ4v) is 6.42. The second-order valence-electron chi connectivity index (χ2n) is 7.44. The van der Waals surface area contributed by atoms with Gasteiger partial charge in [0.15, 0.2) is 17.0 Å². The number of nitrogens with one attached hydrogen (secondary N) is 2. The summed E-state index contributed by atoms with van der Waals surface area (Å²) in [5, 5.41) is 13.1. The van der Waals surface area contributed by atoms with Gasteiger partial charge in [-0.25, -0.2) is 23.4 Å². The number of alkyl carbamates (subject to hydrolysis) is 1. The van der Waals surface area contributed by atoms with Crippen molar-refractivity contribution < 1.29 is 65.8 Å². The van der Waals surface area contributed by atoms with Crippen LogP contribution in [0.5, 0.6) is 0 Å². The molecule has 1 aliphatic heterocycles. The molecule has 6 N–H and O–H groups in total. The van der Waals surface area contributed by atoms with Crippen molar-refractivity contribution in [2.45, 2.75) is 31.5 Å². The Morgan fingerprint density at radius 1 is 1.32 bits per heavy atom. The Morgan fingerprint density at radius 3 is 2.63 bits per heavy atom. The van der Waals surface area contributed by atoms with Gasteiger partial charge in [-0.3, -0.25) is 18.3 Å². The van der Waals surface area contributed by atoms with Crippen molar-refractivity contribution in [2.75, 3.05) is 19.7 Å². The molecule has 20 nitrogen and oxygen atoms in total. The average Bonchev–Trinajstić information content (AvgIpc) is 3.29. The number of nitrogens with zero attached hydrogens (tertiary/aromatic N) is 3. The van der Waals surface area contributed by atoms with E-state index in [4.69, 9.17) is 32.3 Å². The third kappa shape index (κ3) is 7.93. The predicted octanol–water partition coefficient (Wildman–Crippen LogP) is -2.44. The number of phosphoric acid groups is 3. The van der Waals surface area contributed by atoms with Crippen LogP contribution in [0.15, 0.2) is 6.33 Å². The molecule has 3 heterocycles. The van der Waals surface area contributed by atoms with Crippen LogP contribution in [0.4, 0.5) is 4.79 Å². The maximum Gasteiger partial charge on any atom is 0.407 e. The molecule has 0 spiro atoms. The Kier molecular flexibility index (Phi) is 9.61. The maximum absolute atomic E-state index is 12.2. The molecule has 1 saturated heterocycles. The zero-order valence-electron chi connectivity index (χ0n) is 19.0. The van der Waals surface area contributed by atoms with Crippen LogP contribution in [-0.4, -0.2) is 73.6 Å². The van der Waals surface area contributed by atoms with Gasteiger partial charge >= 0.3 is 6.09 Å². The fourth-order valence-electron chi connectivity index (χ4n) is 3.24. The quantitative estimate of drug-likeness (QED) is 0.128. The lowest BCUT2D eigenvalue weighted by Crippen LogP contribution is -2.41. The number of aromatic nitrogens is 4. The van der Waals surface area contributed by atoms with Crippen LogP contribution in [0.25, 0.3) is 11.2 Å². The lowest BCUT2D eigenvalue weighted by molar-refractivity contribution is -0.250. The summed E-state index contributed by atoms with van der Waals surface area (Å²) in [5.41, 5.74) is 5.79. The minimum atomic E-state index is -6.14. The molecule has 0 bridgehead atoms. The lowest BCUT2D eigenvalue weighted by atomic mass is 10.1. The van der Waals surface area contributed by atoms with Crippen LogP contribution in [0, 0.1) is 11.6 Å². The van der Waals surface area contributed by atoms with Crippen molar-refractivity contribution in [3.05, 3.63) is 16.8 Å². The van der Waals surface area contributed by atoms with Crippen molar-refractivity contribution in [1.82, 2.24) is 24.8 Å². The number of imidazole rings is 1. The number of amides is 1. The number of hydrogen-bond acceptors (Lipinski definition) is 17. The zero-order valence-corrected chi connectivity index (χ0v) is 22.5. The Hall–Kier alpha value is -1.67. The first-order valence-electron chi connectivity index (χ1n) is 10.2. The van der Waals surface area contributed by atoms with E-state index in [2.05, 4.69) is 33.4 Å². The molecule has 3 rings (SSSR count). The Labute approximate surface area is 217 Å². The van der Waals surface area contributed by atoms with Gasteiger partial charge in [-0.1, -0.05) is 12.2 Å². The van der Waals surface area contributed by atoms with E-state index in [-0.39, 0.29) is 28.9 Å². The van der Waals surface area contributed by atoms with E-state index in [1.165, 1.54) is 10.9 Å². The summed E-state index contributed by atoms with van der Waals surface area (Å²) >= 11 is 5.17. The number of aromatic amines is 1. The molecule has 0 saturated carbocycles. The summed E-state index contributed by atoms with van der Waals surface area (Å²) in [6.45, 7) is 0.566. The fraction of sp³-hybridized carbons (Fsp3) is 0.571. The highest BCUT2D eigenvalue weighted by Gasteiger charge is 2.48. The molecule has 7 atom stereocenters. The number of nitrogens with two attached hydrogens (primary N) is 1. The molecule has 38 heavy (non-hydrogen) atoms. The number of aliphatic hydroxyl groups excluding tert-OH is 1. The zero-order chi connectivity index (χ0) is 28.5. The van der Waals surface area contributed by atoms with E-state index in [0.717, 1.165) is 0 Å². The number of carbonyl (C=O) groups excluding carboxylic acids is 1. The first-order chi connectivity index (χ1) is 17.5. The third-order valence-electron chi connectivity index (χ3n) is 4.61. The van der Waals surface area contributed by atoms with Crippen LogP contribution >= 0.6 is 35.7 Å². The minimum Gasteiger partial charge on any atom is -0.756 e. The molecule has 0 aliphatic carbocycles. The summed E-state index contributed by atoms with van der Waals surface area (Å²) in [6.07, 6.45) is -6.05. The Morgan fingerprint density at radius 2 is 2.00 bits per heavy atom. The van der Waals surface area contributed by atoms with E-state index in [1.807, 2.05) is 0 Å². The maximum atomic E-state index is 12.2. The van der Waals surface area contributed by atoms with Crippen molar-refractivity contribution in [1.29, 1.82) is 0 Å². The number of aliphatic hydroxyl groups is 1. The molecule has 1 amide bonds. The summed E-state index contributed by atoms with van der Waals surface area (Å²) in [6, 6.07) is 0. The van der Waals surface area contributed by atoms with Crippen molar-refractivity contribution >= 4 is 52.9 Å². The summed E-state index contributed by atoms with van der Waals surface area (Å²) < 4.78 is 57.3. The molecule has 0 aromatic carbocycles. The van der Waals surface area contributed by atoms with Crippen LogP contribution < -0.4 is 25.7 Å². The first kappa shape index (κ1) is 30.9. The van der Waals surface area contributed by atoms with Gasteiger partial charge in [0.05, 0.1) is 12.9 Å². The van der Waals surface area contributed by atoms with E-state index in [9.17, 15) is 38.3 Å². The monoisotopic (exact) mass is 621 g/mol. The molecule has 1 aliphatic rings. The minimum absolute atomic E-state index is 0.0177. The molecule has 2 aromatic rings. The van der Waals surface area contributed by atoms with Gasteiger partial charge < -0.3 is 54.7 Å². The number of hydrogen-bond donors (Lipinski definition) is 5.